The first kappa shape index (κ1) is 30.3. The lowest BCUT2D eigenvalue weighted by atomic mass is 9.93. The second-order valence-electron chi connectivity index (χ2n) is 12.3. The van der Waals surface area contributed by atoms with Crippen molar-refractivity contribution in [3.63, 3.8) is 0 Å². The number of anilines is 4. The Kier molecular flexibility index (Phi) is 7.80. The quantitative estimate of drug-likeness (QED) is 0.215. The van der Waals surface area contributed by atoms with E-state index in [1.54, 1.807) is 26.2 Å². The highest BCUT2D eigenvalue weighted by molar-refractivity contribution is 6.01. The van der Waals surface area contributed by atoms with Gasteiger partial charge in [0.15, 0.2) is 11.5 Å². The fourth-order valence-electron chi connectivity index (χ4n) is 6.34. The first-order valence-corrected chi connectivity index (χ1v) is 15.8. The van der Waals surface area contributed by atoms with Crippen LogP contribution in [0.4, 0.5) is 22.9 Å². The number of hydrogen-bond acceptors (Lipinski definition) is 10. The van der Waals surface area contributed by atoms with E-state index in [1.807, 2.05) is 30.5 Å². The van der Waals surface area contributed by atoms with Crippen LogP contribution in [-0.2, 0) is 11.3 Å². The van der Waals surface area contributed by atoms with Gasteiger partial charge in [0.1, 0.15) is 5.69 Å². The van der Waals surface area contributed by atoms with Crippen LogP contribution in [0.15, 0.2) is 48.7 Å². The van der Waals surface area contributed by atoms with Crippen molar-refractivity contribution in [1.82, 2.24) is 40.5 Å². The first-order valence-electron chi connectivity index (χ1n) is 15.8. The summed E-state index contributed by atoms with van der Waals surface area (Å²) < 4.78 is 2.15. The van der Waals surface area contributed by atoms with Crippen molar-refractivity contribution in [1.29, 1.82) is 0 Å². The molecule has 14 heteroatoms. The Hall–Kier alpha value is -5.37. The maximum Gasteiger partial charge on any atom is 0.273 e. The average Bonchev–Trinajstić information content (AvgIpc) is 3.83. The van der Waals surface area contributed by atoms with Crippen LogP contribution in [0, 0.1) is 5.92 Å². The van der Waals surface area contributed by atoms with Gasteiger partial charge in [-0.3, -0.25) is 24.0 Å². The SMILES string of the molecule is CNC(=O)c1cccc(CN2CC(n3ncc4c3C(C)N(C)c3c(Nc5cc(NC(=O)C6CC6)nnc5C(=O)NC)cccc3-4)C2)n1. The molecule has 0 spiro atoms. The van der Waals surface area contributed by atoms with E-state index in [-0.39, 0.29) is 47.2 Å². The van der Waals surface area contributed by atoms with Crippen molar-refractivity contribution in [2.75, 3.05) is 49.8 Å². The zero-order valence-corrected chi connectivity index (χ0v) is 26.7. The molecular formula is C33H37N11O3. The number of hydrogen-bond donors (Lipinski definition) is 4. The lowest BCUT2D eigenvalue weighted by Crippen LogP contribution is -2.48. The summed E-state index contributed by atoms with van der Waals surface area (Å²) in [6.45, 7) is 4.46. The van der Waals surface area contributed by atoms with Gasteiger partial charge in [0.05, 0.1) is 46.7 Å². The summed E-state index contributed by atoms with van der Waals surface area (Å²) >= 11 is 0. The third-order valence-electron chi connectivity index (χ3n) is 9.13. The molecule has 0 radical (unpaired) electrons. The molecule has 1 unspecified atom stereocenters. The lowest BCUT2D eigenvalue weighted by Gasteiger charge is -2.42. The van der Waals surface area contributed by atoms with Crippen LogP contribution in [0.2, 0.25) is 0 Å². The number of pyridine rings is 1. The largest absolute Gasteiger partial charge is 0.364 e. The van der Waals surface area contributed by atoms with Gasteiger partial charge in [0.2, 0.25) is 5.91 Å². The van der Waals surface area contributed by atoms with Gasteiger partial charge in [0.25, 0.3) is 11.8 Å². The van der Waals surface area contributed by atoms with Crippen molar-refractivity contribution >= 4 is 40.6 Å². The first-order chi connectivity index (χ1) is 22.7. The molecule has 4 N–H and O–H groups in total. The number of carbonyl (C=O) groups is 3. The highest BCUT2D eigenvalue weighted by Gasteiger charge is 2.37. The van der Waals surface area contributed by atoms with E-state index in [2.05, 4.69) is 71.0 Å². The number of aromatic nitrogens is 5. The van der Waals surface area contributed by atoms with Gasteiger partial charge in [-0.2, -0.15) is 5.10 Å². The second kappa shape index (κ2) is 12.1. The molecule has 1 saturated heterocycles. The molecule has 1 aliphatic carbocycles. The highest BCUT2D eigenvalue weighted by atomic mass is 16.2. The number of benzene rings is 1. The zero-order valence-electron chi connectivity index (χ0n) is 26.7. The third kappa shape index (κ3) is 5.65. The van der Waals surface area contributed by atoms with E-state index in [4.69, 9.17) is 5.10 Å². The number of para-hydroxylation sites is 1. The maximum atomic E-state index is 12.7. The smallest absolute Gasteiger partial charge is 0.273 e. The Bertz CT molecular complexity index is 1880. The Labute approximate surface area is 271 Å². The van der Waals surface area contributed by atoms with E-state index in [0.29, 0.717) is 17.9 Å². The van der Waals surface area contributed by atoms with Gasteiger partial charge < -0.3 is 26.2 Å². The van der Waals surface area contributed by atoms with E-state index in [0.717, 1.165) is 59.8 Å². The van der Waals surface area contributed by atoms with E-state index in [9.17, 15) is 14.4 Å². The molecule has 0 bridgehead atoms. The van der Waals surface area contributed by atoms with Gasteiger partial charge in [-0.1, -0.05) is 18.2 Å². The molecule has 3 amide bonds. The standard InChI is InChI=1S/C33H37N11O3/c1-18-29-23(14-36-44(29)21-16-43(17-21)15-20-7-5-10-25(37-20)32(46)34-2)22-8-6-9-24(30(22)42(18)4)38-26-13-27(39-31(45)19-11-12-19)40-41-28(26)33(47)35-3/h5-10,13-14,18-19,21H,11-12,15-17H2,1-4H3,(H,34,46)(H,35,47)(H2,38,39,40,45). The summed E-state index contributed by atoms with van der Waals surface area (Å²) in [5.74, 6) is -0.379. The summed E-state index contributed by atoms with van der Waals surface area (Å²) in [5.41, 5.74) is 6.81. The Balaban J connectivity index is 1.14. The molecule has 4 aromatic rings. The fraction of sp³-hybridized carbons (Fsp3) is 0.364. The van der Waals surface area contributed by atoms with Gasteiger partial charge in [-0.05, 0) is 38.0 Å². The molecule has 47 heavy (non-hydrogen) atoms. The summed E-state index contributed by atoms with van der Waals surface area (Å²) in [4.78, 5) is 46.2. The number of nitrogens with one attached hydrogen (secondary N) is 4. The lowest BCUT2D eigenvalue weighted by molar-refractivity contribution is -0.117. The summed E-state index contributed by atoms with van der Waals surface area (Å²) in [5, 5.41) is 24.6. The Morgan fingerprint density at radius 3 is 2.45 bits per heavy atom. The molecule has 1 saturated carbocycles. The third-order valence-corrected chi connectivity index (χ3v) is 9.13. The molecule has 242 valence electrons. The minimum Gasteiger partial charge on any atom is -0.364 e. The van der Waals surface area contributed by atoms with Gasteiger partial charge in [-0.25, -0.2) is 4.98 Å². The predicted molar refractivity (Wildman–Crippen MR) is 176 cm³/mol. The van der Waals surface area contributed by atoms with Crippen molar-refractivity contribution in [3.05, 3.63) is 71.4 Å². The molecule has 2 aliphatic heterocycles. The Morgan fingerprint density at radius 1 is 0.936 bits per heavy atom. The normalized spacial score (nSPS) is 17.3. The monoisotopic (exact) mass is 635 g/mol. The highest BCUT2D eigenvalue weighted by Crippen LogP contribution is 2.49. The fourth-order valence-corrected chi connectivity index (χ4v) is 6.34. The number of rotatable bonds is 9. The van der Waals surface area contributed by atoms with Crippen molar-refractivity contribution in [2.45, 2.75) is 38.4 Å². The summed E-state index contributed by atoms with van der Waals surface area (Å²) in [6, 6.07) is 13.4. The number of amides is 3. The molecule has 3 aromatic heterocycles. The van der Waals surface area contributed by atoms with Crippen molar-refractivity contribution in [3.8, 4) is 11.1 Å². The van der Waals surface area contributed by atoms with Gasteiger partial charge in [-0.15, -0.1) is 10.2 Å². The van der Waals surface area contributed by atoms with Gasteiger partial charge in [0, 0.05) is 63.9 Å². The number of fused-ring (bicyclic) bond motifs is 3. The number of nitrogens with zero attached hydrogens (tertiary/aromatic N) is 7. The topological polar surface area (TPSA) is 162 Å². The predicted octanol–water partition coefficient (Wildman–Crippen LogP) is 3.11. The van der Waals surface area contributed by atoms with Crippen LogP contribution >= 0.6 is 0 Å². The van der Waals surface area contributed by atoms with Crippen LogP contribution in [0.5, 0.6) is 0 Å². The Morgan fingerprint density at radius 2 is 1.70 bits per heavy atom. The molecular weight excluding hydrogens is 598 g/mol. The molecule has 1 aromatic carbocycles. The molecule has 3 aliphatic rings. The van der Waals surface area contributed by atoms with Crippen molar-refractivity contribution in [2.24, 2.45) is 5.92 Å². The number of likely N-dealkylation sites (tertiary alicyclic amines) is 1. The zero-order chi connectivity index (χ0) is 32.8. The number of carbonyl (C=O) groups excluding carboxylic acids is 3. The summed E-state index contributed by atoms with van der Waals surface area (Å²) in [6.07, 6.45) is 3.67. The minimum absolute atomic E-state index is 0.00488. The van der Waals surface area contributed by atoms with E-state index in [1.165, 1.54) is 0 Å². The molecule has 5 heterocycles. The van der Waals surface area contributed by atoms with Crippen LogP contribution in [0.3, 0.4) is 0 Å². The van der Waals surface area contributed by atoms with Crippen molar-refractivity contribution < 1.29 is 14.4 Å². The molecule has 7 rings (SSSR count). The second-order valence-corrected chi connectivity index (χ2v) is 12.3. The van der Waals surface area contributed by atoms with E-state index >= 15 is 0 Å². The minimum atomic E-state index is -0.389. The van der Waals surface area contributed by atoms with Crippen LogP contribution in [0.1, 0.15) is 64.2 Å². The molecule has 14 nitrogen and oxygen atoms in total. The van der Waals surface area contributed by atoms with Gasteiger partial charge >= 0.3 is 0 Å². The van der Waals surface area contributed by atoms with Crippen LogP contribution in [0.25, 0.3) is 11.1 Å². The summed E-state index contributed by atoms with van der Waals surface area (Å²) in [7, 11) is 5.20. The van der Waals surface area contributed by atoms with E-state index < -0.39 is 0 Å². The average molecular weight is 636 g/mol. The maximum absolute atomic E-state index is 12.7. The van der Waals surface area contributed by atoms with Crippen LogP contribution in [-0.4, -0.2) is 81.8 Å². The molecule has 2 fully saturated rings. The van der Waals surface area contributed by atoms with Crippen LogP contribution < -0.4 is 26.2 Å². The molecule has 1 atom stereocenters.